The van der Waals surface area contributed by atoms with Crippen LogP contribution in [0, 0.1) is 5.92 Å². The van der Waals surface area contributed by atoms with Gasteiger partial charge in [-0.15, -0.1) is 0 Å². The van der Waals surface area contributed by atoms with Gasteiger partial charge in [0.25, 0.3) is 5.91 Å². The minimum Gasteiger partial charge on any atom is -0.352 e. The quantitative estimate of drug-likeness (QED) is 0.870. The van der Waals surface area contributed by atoms with E-state index in [0.717, 1.165) is 0 Å². The molecular formula is C11H13Cl2NO. The summed E-state index contributed by atoms with van der Waals surface area (Å²) in [6.45, 7) is 4.66. The first-order chi connectivity index (χ1) is 7.02. The average Bonchev–Trinajstić information content (AvgIpc) is 2.14. The highest BCUT2D eigenvalue weighted by Crippen LogP contribution is 2.23. The molecular weight excluding hydrogens is 233 g/mol. The normalized spacial score (nSPS) is 10.5. The Morgan fingerprint density at radius 2 is 1.87 bits per heavy atom. The van der Waals surface area contributed by atoms with Crippen LogP contribution in [0.4, 0.5) is 0 Å². The van der Waals surface area contributed by atoms with Gasteiger partial charge in [-0.3, -0.25) is 4.79 Å². The van der Waals surface area contributed by atoms with E-state index in [1.165, 1.54) is 0 Å². The monoisotopic (exact) mass is 245 g/mol. The van der Waals surface area contributed by atoms with E-state index < -0.39 is 0 Å². The third-order valence-corrected chi connectivity index (χ3v) is 2.49. The zero-order valence-corrected chi connectivity index (χ0v) is 10.2. The summed E-state index contributed by atoms with van der Waals surface area (Å²) in [4.78, 5) is 11.7. The topological polar surface area (TPSA) is 29.1 Å². The van der Waals surface area contributed by atoms with Gasteiger partial charge in [0.2, 0.25) is 0 Å². The largest absolute Gasteiger partial charge is 0.352 e. The zero-order valence-electron chi connectivity index (χ0n) is 8.68. The molecule has 0 atom stereocenters. The van der Waals surface area contributed by atoms with Crippen molar-refractivity contribution in [1.29, 1.82) is 0 Å². The molecule has 1 N–H and O–H groups in total. The summed E-state index contributed by atoms with van der Waals surface area (Å²) in [5.74, 6) is 0.175. The van der Waals surface area contributed by atoms with Crippen molar-refractivity contribution in [3.05, 3.63) is 33.8 Å². The predicted octanol–water partition coefficient (Wildman–Crippen LogP) is 3.38. The van der Waals surface area contributed by atoms with Crippen LogP contribution in [0.2, 0.25) is 10.0 Å². The van der Waals surface area contributed by atoms with Gasteiger partial charge in [-0.25, -0.2) is 0 Å². The highest BCUT2D eigenvalue weighted by Gasteiger charge is 2.13. The van der Waals surface area contributed by atoms with Gasteiger partial charge in [0.05, 0.1) is 15.6 Å². The minimum atomic E-state index is -0.223. The van der Waals surface area contributed by atoms with Crippen molar-refractivity contribution in [1.82, 2.24) is 5.32 Å². The maximum atomic E-state index is 11.7. The van der Waals surface area contributed by atoms with Crippen LogP contribution in [0.25, 0.3) is 0 Å². The number of carbonyl (C=O) groups excluding carboxylic acids is 1. The summed E-state index contributed by atoms with van der Waals surface area (Å²) >= 11 is 11.8. The van der Waals surface area contributed by atoms with Gasteiger partial charge in [-0.05, 0) is 18.1 Å². The van der Waals surface area contributed by atoms with Crippen molar-refractivity contribution >= 4 is 29.1 Å². The number of halogens is 2. The van der Waals surface area contributed by atoms with Crippen LogP contribution >= 0.6 is 23.2 Å². The minimum absolute atomic E-state index is 0.223. The first-order valence-corrected chi connectivity index (χ1v) is 5.50. The fourth-order valence-electron chi connectivity index (χ4n) is 1.10. The maximum absolute atomic E-state index is 11.7. The molecule has 0 spiro atoms. The second-order valence-electron chi connectivity index (χ2n) is 3.70. The Hall–Kier alpha value is -0.730. The molecule has 0 bridgehead atoms. The van der Waals surface area contributed by atoms with Gasteiger partial charge >= 0.3 is 0 Å². The summed E-state index contributed by atoms with van der Waals surface area (Å²) in [7, 11) is 0. The van der Waals surface area contributed by atoms with Gasteiger partial charge in [0.15, 0.2) is 0 Å². The van der Waals surface area contributed by atoms with Crippen molar-refractivity contribution in [2.45, 2.75) is 13.8 Å². The highest BCUT2D eigenvalue weighted by atomic mass is 35.5. The van der Waals surface area contributed by atoms with E-state index in [1.54, 1.807) is 18.2 Å². The lowest BCUT2D eigenvalue weighted by Crippen LogP contribution is -2.27. The molecule has 0 aliphatic rings. The van der Waals surface area contributed by atoms with Gasteiger partial charge in [-0.1, -0.05) is 43.1 Å². The standard InChI is InChI=1S/C11H13Cl2NO/c1-7(2)6-14-11(15)10-8(12)4-3-5-9(10)13/h3-5,7H,6H2,1-2H3,(H,14,15). The van der Waals surface area contributed by atoms with Crippen molar-refractivity contribution in [3.8, 4) is 0 Å². The fraction of sp³-hybridized carbons (Fsp3) is 0.364. The molecule has 82 valence electrons. The van der Waals surface area contributed by atoms with Crippen molar-refractivity contribution in [3.63, 3.8) is 0 Å². The molecule has 0 aliphatic carbocycles. The van der Waals surface area contributed by atoms with Crippen LogP contribution in [-0.2, 0) is 0 Å². The second-order valence-corrected chi connectivity index (χ2v) is 4.51. The van der Waals surface area contributed by atoms with Crippen LogP contribution in [0.3, 0.4) is 0 Å². The number of benzene rings is 1. The molecule has 0 radical (unpaired) electrons. The van der Waals surface area contributed by atoms with E-state index in [0.29, 0.717) is 28.1 Å². The Labute approximate surface area is 99.6 Å². The van der Waals surface area contributed by atoms with Gasteiger partial charge in [0, 0.05) is 6.54 Å². The summed E-state index contributed by atoms with van der Waals surface area (Å²) in [5, 5.41) is 3.53. The zero-order chi connectivity index (χ0) is 11.4. The second kappa shape index (κ2) is 5.38. The van der Waals surface area contributed by atoms with Crippen molar-refractivity contribution in [2.24, 2.45) is 5.92 Å². The molecule has 0 saturated carbocycles. The lowest BCUT2D eigenvalue weighted by atomic mass is 10.2. The molecule has 1 amide bonds. The Bertz CT molecular complexity index is 343. The first-order valence-electron chi connectivity index (χ1n) is 4.74. The Morgan fingerprint density at radius 1 is 1.33 bits per heavy atom. The molecule has 4 heteroatoms. The highest BCUT2D eigenvalue weighted by molar-refractivity contribution is 6.39. The fourth-order valence-corrected chi connectivity index (χ4v) is 1.67. The molecule has 0 fully saturated rings. The van der Waals surface area contributed by atoms with E-state index in [9.17, 15) is 4.79 Å². The Balaban J connectivity index is 2.82. The Kier molecular flexibility index (Phi) is 4.43. The summed E-state index contributed by atoms with van der Waals surface area (Å²) < 4.78 is 0. The molecule has 1 aromatic carbocycles. The van der Waals surface area contributed by atoms with Crippen LogP contribution in [0.15, 0.2) is 18.2 Å². The predicted molar refractivity (Wildman–Crippen MR) is 63.6 cm³/mol. The number of hydrogen-bond acceptors (Lipinski definition) is 1. The SMILES string of the molecule is CC(C)CNC(=O)c1c(Cl)cccc1Cl. The molecule has 1 aromatic rings. The van der Waals surface area contributed by atoms with E-state index >= 15 is 0 Å². The van der Waals surface area contributed by atoms with E-state index in [1.807, 2.05) is 13.8 Å². The smallest absolute Gasteiger partial charge is 0.254 e. The van der Waals surface area contributed by atoms with Gasteiger partial charge in [-0.2, -0.15) is 0 Å². The lowest BCUT2D eigenvalue weighted by molar-refractivity contribution is 0.0949. The van der Waals surface area contributed by atoms with Crippen LogP contribution in [-0.4, -0.2) is 12.5 Å². The molecule has 1 rings (SSSR count). The van der Waals surface area contributed by atoms with E-state index in [-0.39, 0.29) is 5.91 Å². The molecule has 0 unspecified atom stereocenters. The number of rotatable bonds is 3. The van der Waals surface area contributed by atoms with Crippen molar-refractivity contribution < 1.29 is 4.79 Å². The van der Waals surface area contributed by atoms with Crippen LogP contribution in [0.5, 0.6) is 0 Å². The number of carbonyl (C=O) groups is 1. The summed E-state index contributed by atoms with van der Waals surface area (Å²) in [6, 6.07) is 5.01. The molecule has 0 heterocycles. The summed E-state index contributed by atoms with van der Waals surface area (Å²) in [6.07, 6.45) is 0. The van der Waals surface area contributed by atoms with Crippen molar-refractivity contribution in [2.75, 3.05) is 6.54 Å². The number of hydrogen-bond donors (Lipinski definition) is 1. The third-order valence-electron chi connectivity index (χ3n) is 1.86. The Morgan fingerprint density at radius 3 is 2.33 bits per heavy atom. The van der Waals surface area contributed by atoms with Crippen LogP contribution in [0.1, 0.15) is 24.2 Å². The third kappa shape index (κ3) is 3.40. The maximum Gasteiger partial charge on any atom is 0.254 e. The molecule has 0 aliphatic heterocycles. The van der Waals surface area contributed by atoms with Crippen LogP contribution < -0.4 is 5.32 Å². The number of nitrogens with one attached hydrogen (secondary N) is 1. The molecule has 15 heavy (non-hydrogen) atoms. The summed E-state index contributed by atoms with van der Waals surface area (Å²) in [5.41, 5.74) is 0.349. The van der Waals surface area contributed by atoms with E-state index in [4.69, 9.17) is 23.2 Å². The number of amides is 1. The van der Waals surface area contributed by atoms with Gasteiger partial charge < -0.3 is 5.32 Å². The molecule has 2 nitrogen and oxygen atoms in total. The van der Waals surface area contributed by atoms with Gasteiger partial charge in [0.1, 0.15) is 0 Å². The van der Waals surface area contributed by atoms with E-state index in [2.05, 4.69) is 5.32 Å². The molecule has 0 aromatic heterocycles. The average molecular weight is 246 g/mol. The molecule has 0 saturated heterocycles. The first kappa shape index (κ1) is 12.3. The lowest BCUT2D eigenvalue weighted by Gasteiger charge is -2.09.